The minimum atomic E-state index is -3.83. The van der Waals surface area contributed by atoms with Crippen molar-refractivity contribution in [3.05, 3.63) is 65.2 Å². The van der Waals surface area contributed by atoms with Crippen molar-refractivity contribution in [2.45, 2.75) is 11.8 Å². The third kappa shape index (κ3) is 4.67. The number of aryl methyl sites for hydroxylation is 1. The fourth-order valence-corrected chi connectivity index (χ4v) is 4.66. The molecule has 0 aromatic heterocycles. The molecule has 2 aromatic carbocycles. The number of hydrogen-bond donors (Lipinski definition) is 0. The first-order valence-corrected chi connectivity index (χ1v) is 10.8. The number of benzene rings is 2. The Labute approximate surface area is 175 Å². The second kappa shape index (κ2) is 9.07. The van der Waals surface area contributed by atoms with E-state index in [0.29, 0.717) is 5.56 Å². The highest BCUT2D eigenvalue weighted by atomic mass is 32.2. The molecule has 0 radical (unpaired) electrons. The van der Waals surface area contributed by atoms with Crippen molar-refractivity contribution >= 4 is 21.9 Å². The molecule has 0 N–H and O–H groups in total. The van der Waals surface area contributed by atoms with E-state index in [-0.39, 0.29) is 42.5 Å². The van der Waals surface area contributed by atoms with Gasteiger partial charge in [0.1, 0.15) is 6.07 Å². The maximum absolute atomic E-state index is 12.8. The Morgan fingerprint density at radius 1 is 1.03 bits per heavy atom. The average Bonchev–Trinajstić information content (AvgIpc) is 2.77. The van der Waals surface area contributed by atoms with Crippen molar-refractivity contribution in [3.63, 3.8) is 0 Å². The Balaban J connectivity index is 1.56. The molecule has 0 unspecified atom stereocenters. The van der Waals surface area contributed by atoms with Crippen LogP contribution in [0.15, 0.2) is 53.4 Å². The number of amides is 1. The smallest absolute Gasteiger partial charge is 0.338 e. The molecule has 0 atom stereocenters. The number of rotatable bonds is 5. The molecule has 1 saturated heterocycles. The molecule has 9 heteroatoms. The van der Waals surface area contributed by atoms with Gasteiger partial charge in [0, 0.05) is 26.2 Å². The van der Waals surface area contributed by atoms with Gasteiger partial charge in [0.2, 0.25) is 10.0 Å². The van der Waals surface area contributed by atoms with Gasteiger partial charge in [0.25, 0.3) is 5.91 Å². The summed E-state index contributed by atoms with van der Waals surface area (Å²) in [6.07, 6.45) is 0. The van der Waals surface area contributed by atoms with Gasteiger partial charge in [-0.2, -0.15) is 9.57 Å². The number of nitriles is 1. The fraction of sp³-hybridized carbons (Fsp3) is 0.286. The highest BCUT2D eigenvalue weighted by molar-refractivity contribution is 7.89. The van der Waals surface area contributed by atoms with Gasteiger partial charge in [-0.25, -0.2) is 13.2 Å². The number of carbonyl (C=O) groups is 2. The number of ether oxygens (including phenoxy) is 1. The minimum Gasteiger partial charge on any atom is -0.452 e. The summed E-state index contributed by atoms with van der Waals surface area (Å²) in [6, 6.07) is 14.7. The minimum absolute atomic E-state index is 0.0423. The molecule has 1 fully saturated rings. The first kappa shape index (κ1) is 21.5. The van der Waals surface area contributed by atoms with Crippen molar-refractivity contribution < 1.29 is 22.7 Å². The third-order valence-electron chi connectivity index (χ3n) is 4.83. The van der Waals surface area contributed by atoms with E-state index in [1.165, 1.54) is 21.3 Å². The van der Waals surface area contributed by atoms with Crippen molar-refractivity contribution in [3.8, 4) is 6.07 Å². The van der Waals surface area contributed by atoms with E-state index in [2.05, 4.69) is 0 Å². The summed E-state index contributed by atoms with van der Waals surface area (Å²) >= 11 is 0. The average molecular weight is 427 g/mol. The van der Waals surface area contributed by atoms with Crippen LogP contribution in [0.5, 0.6) is 0 Å². The van der Waals surface area contributed by atoms with Crippen molar-refractivity contribution in [1.29, 1.82) is 5.26 Å². The normalized spacial score (nSPS) is 14.7. The number of hydrogen-bond acceptors (Lipinski definition) is 6. The molecular formula is C21H21N3O5S. The summed E-state index contributed by atoms with van der Waals surface area (Å²) < 4.78 is 32.0. The molecule has 1 amide bonds. The lowest BCUT2D eigenvalue weighted by atomic mass is 10.1. The lowest BCUT2D eigenvalue weighted by molar-refractivity contribution is -0.135. The maximum Gasteiger partial charge on any atom is 0.338 e. The highest BCUT2D eigenvalue weighted by Gasteiger charge is 2.31. The van der Waals surface area contributed by atoms with E-state index in [0.717, 1.165) is 5.56 Å². The van der Waals surface area contributed by atoms with Gasteiger partial charge < -0.3 is 9.64 Å². The molecule has 1 heterocycles. The van der Waals surface area contributed by atoms with Crippen LogP contribution in [0.25, 0.3) is 0 Å². The van der Waals surface area contributed by atoms with Crippen LogP contribution in [-0.4, -0.2) is 62.3 Å². The zero-order valence-electron chi connectivity index (χ0n) is 16.4. The molecule has 0 saturated carbocycles. The van der Waals surface area contributed by atoms with Crippen LogP contribution in [-0.2, 0) is 19.6 Å². The lowest BCUT2D eigenvalue weighted by Gasteiger charge is -2.34. The number of esters is 1. The quantitative estimate of drug-likeness (QED) is 0.670. The second-order valence-corrected chi connectivity index (χ2v) is 8.74. The van der Waals surface area contributed by atoms with Gasteiger partial charge in [-0.1, -0.05) is 29.8 Å². The molecule has 30 heavy (non-hydrogen) atoms. The Morgan fingerprint density at radius 3 is 2.30 bits per heavy atom. The largest absolute Gasteiger partial charge is 0.452 e. The number of carbonyl (C=O) groups excluding carboxylic acids is 2. The molecule has 1 aliphatic heterocycles. The molecule has 8 nitrogen and oxygen atoms in total. The monoisotopic (exact) mass is 427 g/mol. The SMILES string of the molecule is Cc1ccc(C(=O)OCC(=O)N2CCN(S(=O)(=O)c3ccccc3C#N)CC2)cc1. The Morgan fingerprint density at radius 2 is 1.67 bits per heavy atom. The molecule has 0 spiro atoms. The van der Waals surface area contributed by atoms with Crippen LogP contribution in [0.2, 0.25) is 0 Å². The van der Waals surface area contributed by atoms with Crippen molar-refractivity contribution in [2.75, 3.05) is 32.8 Å². The van der Waals surface area contributed by atoms with E-state index >= 15 is 0 Å². The van der Waals surface area contributed by atoms with E-state index < -0.39 is 22.6 Å². The Kier molecular flexibility index (Phi) is 6.50. The first-order valence-electron chi connectivity index (χ1n) is 9.34. The topological polar surface area (TPSA) is 108 Å². The molecule has 3 rings (SSSR count). The lowest BCUT2D eigenvalue weighted by Crippen LogP contribution is -2.51. The Bertz CT molecular complexity index is 1080. The van der Waals surface area contributed by atoms with Crippen LogP contribution in [0.1, 0.15) is 21.5 Å². The van der Waals surface area contributed by atoms with E-state index in [1.54, 1.807) is 36.4 Å². The predicted octanol–water partition coefficient (Wildman–Crippen LogP) is 1.56. The predicted molar refractivity (Wildman–Crippen MR) is 108 cm³/mol. The third-order valence-corrected chi connectivity index (χ3v) is 6.79. The van der Waals surface area contributed by atoms with Gasteiger partial charge in [-0.05, 0) is 31.2 Å². The van der Waals surface area contributed by atoms with Gasteiger partial charge in [-0.3, -0.25) is 4.79 Å². The number of piperazine rings is 1. The highest BCUT2D eigenvalue weighted by Crippen LogP contribution is 2.21. The summed E-state index contributed by atoms with van der Waals surface area (Å²) in [4.78, 5) is 25.8. The van der Waals surface area contributed by atoms with E-state index in [1.807, 2.05) is 13.0 Å². The van der Waals surface area contributed by atoms with Gasteiger partial charge >= 0.3 is 5.97 Å². The van der Waals surface area contributed by atoms with Crippen LogP contribution in [0, 0.1) is 18.3 Å². The van der Waals surface area contributed by atoms with Crippen molar-refractivity contribution in [2.24, 2.45) is 0 Å². The maximum atomic E-state index is 12.8. The molecular weight excluding hydrogens is 406 g/mol. The summed E-state index contributed by atoms with van der Waals surface area (Å²) in [7, 11) is -3.83. The summed E-state index contributed by atoms with van der Waals surface area (Å²) in [6.45, 7) is 2.04. The zero-order chi connectivity index (χ0) is 21.7. The fourth-order valence-electron chi connectivity index (χ4n) is 3.09. The van der Waals surface area contributed by atoms with Crippen LogP contribution in [0.3, 0.4) is 0 Å². The molecule has 1 aliphatic rings. The summed E-state index contributed by atoms with van der Waals surface area (Å²) in [5, 5.41) is 9.17. The van der Waals surface area contributed by atoms with Gasteiger partial charge in [-0.15, -0.1) is 0 Å². The second-order valence-electron chi connectivity index (χ2n) is 6.83. The van der Waals surface area contributed by atoms with Gasteiger partial charge in [0.15, 0.2) is 6.61 Å². The van der Waals surface area contributed by atoms with Crippen LogP contribution in [0.4, 0.5) is 0 Å². The van der Waals surface area contributed by atoms with Crippen molar-refractivity contribution in [1.82, 2.24) is 9.21 Å². The standard InChI is InChI=1S/C21H21N3O5S/c1-16-6-8-17(9-7-16)21(26)29-15-20(25)23-10-12-24(13-11-23)30(27,28)19-5-3-2-4-18(19)14-22/h2-9H,10-13,15H2,1H3. The zero-order valence-corrected chi connectivity index (χ0v) is 17.3. The molecule has 156 valence electrons. The summed E-state index contributed by atoms with van der Waals surface area (Å²) in [5.41, 5.74) is 1.45. The number of nitrogens with zero attached hydrogens (tertiary/aromatic N) is 3. The summed E-state index contributed by atoms with van der Waals surface area (Å²) in [5.74, 6) is -0.970. The Hall–Kier alpha value is -3.22. The molecule has 2 aromatic rings. The van der Waals surface area contributed by atoms with Gasteiger partial charge in [0.05, 0.1) is 16.0 Å². The van der Waals surface area contributed by atoms with Crippen LogP contribution >= 0.6 is 0 Å². The van der Waals surface area contributed by atoms with E-state index in [9.17, 15) is 18.0 Å². The van der Waals surface area contributed by atoms with E-state index in [4.69, 9.17) is 10.00 Å². The van der Waals surface area contributed by atoms with Crippen LogP contribution < -0.4 is 0 Å². The number of sulfonamides is 1. The molecule has 0 bridgehead atoms. The first-order chi connectivity index (χ1) is 14.3. The molecule has 0 aliphatic carbocycles.